The second kappa shape index (κ2) is 5.92. The molecule has 1 heterocycles. The fourth-order valence-corrected chi connectivity index (χ4v) is 4.64. The van der Waals surface area contributed by atoms with Crippen molar-refractivity contribution in [2.45, 2.75) is 41.6 Å². The van der Waals surface area contributed by atoms with Crippen molar-refractivity contribution in [3.63, 3.8) is 0 Å². The maximum Gasteiger partial charge on any atom is 0.0601 e. The van der Waals surface area contributed by atoms with E-state index in [1.165, 1.54) is 36.3 Å². The Balaban J connectivity index is 1.97. The van der Waals surface area contributed by atoms with Crippen molar-refractivity contribution >= 4 is 23.1 Å². The van der Waals surface area contributed by atoms with Gasteiger partial charge in [0.2, 0.25) is 0 Å². The van der Waals surface area contributed by atoms with Gasteiger partial charge in [0, 0.05) is 5.25 Å². The summed E-state index contributed by atoms with van der Waals surface area (Å²) in [5, 5.41) is 2.92. The Morgan fingerprint density at radius 2 is 2.20 bits per heavy atom. The van der Waals surface area contributed by atoms with E-state index in [1.807, 2.05) is 11.3 Å². The molecule has 1 aliphatic carbocycles. The summed E-state index contributed by atoms with van der Waals surface area (Å²) in [4.78, 5) is 0. The van der Waals surface area contributed by atoms with Crippen molar-refractivity contribution in [1.82, 2.24) is 0 Å². The Bertz CT molecular complexity index is 271. The molecule has 2 atom stereocenters. The van der Waals surface area contributed by atoms with Gasteiger partial charge in [-0.1, -0.05) is 25.3 Å². The van der Waals surface area contributed by atoms with E-state index in [-0.39, 0.29) is 0 Å². The van der Waals surface area contributed by atoms with Gasteiger partial charge >= 0.3 is 0 Å². The van der Waals surface area contributed by atoms with Crippen LogP contribution in [0, 0.1) is 5.92 Å². The van der Waals surface area contributed by atoms with Gasteiger partial charge in [-0.3, -0.25) is 0 Å². The number of hydrogen-bond donors (Lipinski definition) is 1. The molecule has 1 aromatic rings. The first-order valence-corrected chi connectivity index (χ1v) is 7.56. The van der Waals surface area contributed by atoms with Gasteiger partial charge in [-0.25, -0.2) is 0 Å². The first-order valence-electron chi connectivity index (χ1n) is 5.80. The van der Waals surface area contributed by atoms with Crippen molar-refractivity contribution in [2.24, 2.45) is 11.7 Å². The summed E-state index contributed by atoms with van der Waals surface area (Å²) in [6.45, 7) is 0.864. The van der Waals surface area contributed by atoms with Crippen LogP contribution < -0.4 is 5.73 Å². The average Bonchev–Trinajstić information content (AvgIpc) is 2.64. The lowest BCUT2D eigenvalue weighted by Gasteiger charge is -2.22. The topological polar surface area (TPSA) is 26.0 Å². The molecule has 0 aliphatic heterocycles. The highest BCUT2D eigenvalue weighted by Crippen LogP contribution is 2.37. The van der Waals surface area contributed by atoms with Gasteiger partial charge in [-0.05, 0) is 36.8 Å². The Labute approximate surface area is 100 Å². The molecule has 0 saturated heterocycles. The minimum atomic E-state index is 0.736. The van der Waals surface area contributed by atoms with Gasteiger partial charge in [0.25, 0.3) is 0 Å². The first kappa shape index (κ1) is 11.5. The third-order valence-corrected chi connectivity index (χ3v) is 5.69. The second-order valence-electron chi connectivity index (χ2n) is 4.22. The van der Waals surface area contributed by atoms with Crippen molar-refractivity contribution in [2.75, 3.05) is 6.54 Å². The largest absolute Gasteiger partial charge is 0.330 e. The molecule has 1 aromatic heterocycles. The van der Waals surface area contributed by atoms with E-state index in [0.717, 1.165) is 17.7 Å². The average molecular weight is 241 g/mol. The molecule has 0 spiro atoms. The first-order chi connectivity index (χ1) is 7.40. The number of thiophene rings is 1. The van der Waals surface area contributed by atoms with Crippen LogP contribution >= 0.6 is 23.1 Å². The fraction of sp³-hybridized carbons (Fsp3) is 0.667. The lowest BCUT2D eigenvalue weighted by molar-refractivity contribution is 0.484. The van der Waals surface area contributed by atoms with Gasteiger partial charge in [0.15, 0.2) is 0 Å². The SMILES string of the molecule is NCC1CCCCCC1Sc1cccs1. The molecule has 2 unspecified atom stereocenters. The predicted molar refractivity (Wildman–Crippen MR) is 69.6 cm³/mol. The molecule has 0 radical (unpaired) electrons. The van der Waals surface area contributed by atoms with Gasteiger partial charge in [-0.2, -0.15) is 0 Å². The van der Waals surface area contributed by atoms with Crippen LogP contribution in [0.4, 0.5) is 0 Å². The molecule has 0 aromatic carbocycles. The maximum atomic E-state index is 5.88. The van der Waals surface area contributed by atoms with Crippen molar-refractivity contribution in [3.05, 3.63) is 17.5 Å². The zero-order chi connectivity index (χ0) is 10.5. The van der Waals surface area contributed by atoms with Gasteiger partial charge in [-0.15, -0.1) is 23.1 Å². The molecule has 1 nitrogen and oxygen atoms in total. The van der Waals surface area contributed by atoms with Crippen LogP contribution in [-0.2, 0) is 0 Å². The Hall–Kier alpha value is 0.01000. The minimum absolute atomic E-state index is 0.736. The van der Waals surface area contributed by atoms with Crippen LogP contribution in [-0.4, -0.2) is 11.8 Å². The molecule has 3 heteroatoms. The molecule has 0 amide bonds. The van der Waals surface area contributed by atoms with E-state index in [2.05, 4.69) is 29.3 Å². The third kappa shape index (κ3) is 3.23. The van der Waals surface area contributed by atoms with E-state index < -0.39 is 0 Å². The minimum Gasteiger partial charge on any atom is -0.330 e. The van der Waals surface area contributed by atoms with Crippen molar-refractivity contribution in [1.29, 1.82) is 0 Å². The fourth-order valence-electron chi connectivity index (χ4n) is 2.25. The summed E-state index contributed by atoms with van der Waals surface area (Å²) in [5.74, 6) is 0.736. The lowest BCUT2D eigenvalue weighted by Crippen LogP contribution is -2.24. The van der Waals surface area contributed by atoms with Gasteiger partial charge in [0.1, 0.15) is 0 Å². The zero-order valence-corrected chi connectivity index (χ0v) is 10.7. The summed E-state index contributed by atoms with van der Waals surface area (Å²) in [6.07, 6.45) is 6.85. The van der Waals surface area contributed by atoms with Crippen LogP contribution in [0.3, 0.4) is 0 Å². The maximum absolute atomic E-state index is 5.88. The molecular weight excluding hydrogens is 222 g/mol. The molecular formula is C12H19NS2. The number of nitrogens with two attached hydrogens (primary N) is 1. The summed E-state index contributed by atoms with van der Waals surface area (Å²) in [7, 11) is 0. The summed E-state index contributed by atoms with van der Waals surface area (Å²) in [5.41, 5.74) is 5.88. The van der Waals surface area contributed by atoms with Crippen LogP contribution in [0.15, 0.2) is 21.7 Å². The van der Waals surface area contributed by atoms with E-state index in [4.69, 9.17) is 5.73 Å². The van der Waals surface area contributed by atoms with Crippen molar-refractivity contribution < 1.29 is 0 Å². The third-order valence-electron chi connectivity index (χ3n) is 3.15. The van der Waals surface area contributed by atoms with Gasteiger partial charge in [0.05, 0.1) is 4.21 Å². The summed E-state index contributed by atoms with van der Waals surface area (Å²) < 4.78 is 1.46. The Morgan fingerprint density at radius 3 is 2.93 bits per heavy atom. The molecule has 0 bridgehead atoms. The van der Waals surface area contributed by atoms with Crippen LogP contribution in [0.25, 0.3) is 0 Å². The standard InChI is InChI=1S/C12H19NS2/c13-9-10-5-2-1-3-6-11(10)15-12-7-4-8-14-12/h4,7-8,10-11H,1-3,5-6,9,13H2. The Morgan fingerprint density at radius 1 is 1.33 bits per heavy atom. The molecule has 1 aliphatic rings. The molecule has 2 rings (SSSR count). The number of hydrogen-bond acceptors (Lipinski definition) is 3. The van der Waals surface area contributed by atoms with Crippen LogP contribution in [0.1, 0.15) is 32.1 Å². The number of thioether (sulfide) groups is 1. The Kier molecular flexibility index (Phi) is 4.54. The smallest absolute Gasteiger partial charge is 0.0601 e. The molecule has 15 heavy (non-hydrogen) atoms. The van der Waals surface area contributed by atoms with Crippen molar-refractivity contribution in [3.8, 4) is 0 Å². The van der Waals surface area contributed by atoms with Crippen LogP contribution in [0.5, 0.6) is 0 Å². The highest BCUT2D eigenvalue weighted by molar-refractivity contribution is 8.01. The normalized spacial score (nSPS) is 27.5. The monoisotopic (exact) mass is 241 g/mol. The zero-order valence-electron chi connectivity index (χ0n) is 9.02. The number of rotatable bonds is 3. The van der Waals surface area contributed by atoms with Crippen LogP contribution in [0.2, 0.25) is 0 Å². The second-order valence-corrected chi connectivity index (χ2v) is 6.71. The van der Waals surface area contributed by atoms with E-state index >= 15 is 0 Å². The lowest BCUT2D eigenvalue weighted by atomic mass is 10.0. The molecule has 84 valence electrons. The molecule has 2 N–H and O–H groups in total. The van der Waals surface area contributed by atoms with E-state index in [1.54, 1.807) is 0 Å². The highest BCUT2D eigenvalue weighted by Gasteiger charge is 2.23. The van der Waals surface area contributed by atoms with Gasteiger partial charge < -0.3 is 5.73 Å². The predicted octanol–water partition coefficient (Wildman–Crippen LogP) is 3.75. The molecule has 1 fully saturated rings. The quantitative estimate of drug-likeness (QED) is 0.816. The van der Waals surface area contributed by atoms with E-state index in [0.29, 0.717) is 0 Å². The highest BCUT2D eigenvalue weighted by atomic mass is 32.2. The molecule has 1 saturated carbocycles. The van der Waals surface area contributed by atoms with E-state index in [9.17, 15) is 0 Å². The summed E-state index contributed by atoms with van der Waals surface area (Å²) in [6, 6.07) is 4.37. The summed E-state index contributed by atoms with van der Waals surface area (Å²) >= 11 is 3.91.